The molecule has 1 aromatic rings. The lowest BCUT2D eigenvalue weighted by Gasteiger charge is -2.19. The van der Waals surface area contributed by atoms with Gasteiger partial charge in [0.1, 0.15) is 5.69 Å². The Kier molecular flexibility index (Phi) is 7.46. The molecule has 1 rings (SSSR count). The lowest BCUT2D eigenvalue weighted by atomic mass is 9.99. The van der Waals surface area contributed by atoms with Gasteiger partial charge in [0.25, 0.3) is 6.43 Å². The maximum atomic E-state index is 13.3. The minimum Gasteiger partial charge on any atom is -0.481 e. The summed E-state index contributed by atoms with van der Waals surface area (Å²) in [5.41, 5.74) is -4.66. The molecule has 10 heteroatoms. The van der Waals surface area contributed by atoms with Gasteiger partial charge in [-0.05, 0) is 32.8 Å². The first-order valence-electron chi connectivity index (χ1n) is 7.81. The average Bonchev–Trinajstić information content (AvgIpc) is 2.52. The smallest absolute Gasteiger partial charge is 0.434 e. The number of aromatic nitrogens is 1. The van der Waals surface area contributed by atoms with Gasteiger partial charge >= 0.3 is 12.1 Å². The fraction of sp³-hybridized carbons (Fsp3) is 0.562. The van der Waals surface area contributed by atoms with Gasteiger partial charge in [-0.2, -0.15) is 13.2 Å². The molecule has 146 valence electrons. The van der Waals surface area contributed by atoms with Crippen molar-refractivity contribution in [2.75, 3.05) is 6.61 Å². The summed E-state index contributed by atoms with van der Waals surface area (Å²) in [4.78, 5) is 18.8. The van der Waals surface area contributed by atoms with E-state index in [9.17, 15) is 26.7 Å². The molecule has 26 heavy (non-hydrogen) atoms. The zero-order valence-corrected chi connectivity index (χ0v) is 14.7. The van der Waals surface area contributed by atoms with Gasteiger partial charge in [-0.25, -0.2) is 23.6 Å². The average molecular weight is 382 g/mol. The number of hydrogen-bond acceptors (Lipinski definition) is 5. The normalized spacial score (nSPS) is 12.3. The van der Waals surface area contributed by atoms with Gasteiger partial charge in [-0.15, -0.1) is 0 Å². The van der Waals surface area contributed by atoms with E-state index in [1.165, 1.54) is 13.8 Å². The van der Waals surface area contributed by atoms with Crippen LogP contribution >= 0.6 is 0 Å². The number of halogens is 5. The number of hydrogen-bond donors (Lipinski definition) is 0. The number of esters is 1. The molecule has 0 unspecified atom stereocenters. The summed E-state index contributed by atoms with van der Waals surface area (Å²) in [5.74, 6) is -1.30. The Balaban J connectivity index is 3.79. The quantitative estimate of drug-likeness (QED) is 0.292. The van der Waals surface area contributed by atoms with E-state index >= 15 is 0 Å². The second-order valence-corrected chi connectivity index (χ2v) is 5.34. The summed E-state index contributed by atoms with van der Waals surface area (Å²) in [7, 11) is 0. The first-order valence-corrected chi connectivity index (χ1v) is 7.81. The fourth-order valence-electron chi connectivity index (χ4n) is 2.12. The Labute approximate surface area is 147 Å². The minimum absolute atomic E-state index is 0.173. The van der Waals surface area contributed by atoms with E-state index in [-0.39, 0.29) is 24.7 Å². The monoisotopic (exact) mass is 382 g/mol. The van der Waals surface area contributed by atoms with Crippen LogP contribution in [-0.4, -0.2) is 30.1 Å². The van der Waals surface area contributed by atoms with Gasteiger partial charge < -0.3 is 9.47 Å². The standard InChI is InChI=1S/C16H19F5N2O3/c1-5-9-10(15(24)25-6-2)13(16(19,20)21)23-12(14(17)18)11(9)22-7-26-8(3)4/h7-8,14H,5-6H2,1-4H3. The van der Waals surface area contributed by atoms with Crippen molar-refractivity contribution < 1.29 is 36.2 Å². The predicted molar refractivity (Wildman–Crippen MR) is 83.9 cm³/mol. The van der Waals surface area contributed by atoms with Crippen LogP contribution in [0.25, 0.3) is 0 Å². The van der Waals surface area contributed by atoms with E-state index in [1.807, 2.05) is 0 Å². The Hall–Kier alpha value is -2.26. The summed E-state index contributed by atoms with van der Waals surface area (Å²) in [6.07, 6.45) is -8.11. The lowest BCUT2D eigenvalue weighted by Crippen LogP contribution is -2.21. The highest BCUT2D eigenvalue weighted by Crippen LogP contribution is 2.40. The fourth-order valence-corrected chi connectivity index (χ4v) is 2.12. The molecule has 0 amide bonds. The molecular formula is C16H19F5N2O3. The van der Waals surface area contributed by atoms with Gasteiger partial charge in [0.15, 0.2) is 12.1 Å². The topological polar surface area (TPSA) is 60.8 Å². The summed E-state index contributed by atoms with van der Waals surface area (Å²) in [6.45, 7) is 5.93. The van der Waals surface area contributed by atoms with Crippen molar-refractivity contribution in [3.63, 3.8) is 0 Å². The molecule has 0 spiro atoms. The first-order chi connectivity index (χ1) is 12.0. The van der Waals surface area contributed by atoms with E-state index in [2.05, 4.69) is 14.7 Å². The molecule has 0 atom stereocenters. The van der Waals surface area contributed by atoms with Crippen molar-refractivity contribution in [2.24, 2.45) is 4.99 Å². The predicted octanol–water partition coefficient (Wildman–Crippen LogP) is 4.86. The van der Waals surface area contributed by atoms with Gasteiger partial charge in [-0.3, -0.25) is 0 Å². The SMILES string of the molecule is CCOC(=O)c1c(C(F)(F)F)nc(C(F)F)c(N=COC(C)C)c1CC. The van der Waals surface area contributed by atoms with Crippen LogP contribution in [0.1, 0.15) is 61.4 Å². The molecule has 0 aliphatic heterocycles. The van der Waals surface area contributed by atoms with E-state index in [0.717, 1.165) is 6.40 Å². The second kappa shape index (κ2) is 8.91. The van der Waals surface area contributed by atoms with Crippen LogP contribution in [0.15, 0.2) is 4.99 Å². The number of ether oxygens (including phenoxy) is 2. The van der Waals surface area contributed by atoms with Crippen LogP contribution in [0.3, 0.4) is 0 Å². The molecule has 5 nitrogen and oxygen atoms in total. The Morgan fingerprint density at radius 1 is 1.27 bits per heavy atom. The third kappa shape index (κ3) is 5.12. The molecule has 0 aliphatic carbocycles. The van der Waals surface area contributed by atoms with Crippen molar-refractivity contribution in [3.05, 3.63) is 22.5 Å². The summed E-state index contributed by atoms with van der Waals surface area (Å²) in [5, 5.41) is 0. The Bertz CT molecular complexity index is 673. The van der Waals surface area contributed by atoms with Crippen molar-refractivity contribution in [3.8, 4) is 0 Å². The van der Waals surface area contributed by atoms with Crippen LogP contribution in [-0.2, 0) is 22.1 Å². The lowest BCUT2D eigenvalue weighted by molar-refractivity contribution is -0.142. The molecule has 0 aromatic carbocycles. The third-order valence-electron chi connectivity index (χ3n) is 3.12. The number of pyridine rings is 1. The largest absolute Gasteiger partial charge is 0.481 e. The van der Waals surface area contributed by atoms with Gasteiger partial charge in [0.2, 0.25) is 0 Å². The zero-order chi connectivity index (χ0) is 20.1. The molecular weight excluding hydrogens is 363 g/mol. The van der Waals surface area contributed by atoms with E-state index in [0.29, 0.717) is 0 Å². The Morgan fingerprint density at radius 2 is 1.88 bits per heavy atom. The number of rotatable bonds is 7. The van der Waals surface area contributed by atoms with E-state index in [4.69, 9.17) is 4.74 Å². The molecule has 0 saturated heterocycles. The minimum atomic E-state index is -5.12. The maximum Gasteiger partial charge on any atom is 0.434 e. The van der Waals surface area contributed by atoms with E-state index in [1.54, 1.807) is 13.8 Å². The van der Waals surface area contributed by atoms with Crippen molar-refractivity contribution in [1.82, 2.24) is 4.98 Å². The van der Waals surface area contributed by atoms with Gasteiger partial charge in [0.05, 0.1) is 24.0 Å². The molecule has 1 aromatic heterocycles. The summed E-state index contributed by atoms with van der Waals surface area (Å²) >= 11 is 0. The zero-order valence-electron chi connectivity index (χ0n) is 14.7. The highest BCUT2D eigenvalue weighted by molar-refractivity contribution is 5.94. The number of alkyl halides is 5. The number of carbonyl (C=O) groups is 1. The Morgan fingerprint density at radius 3 is 2.31 bits per heavy atom. The molecule has 1 heterocycles. The molecule has 0 radical (unpaired) electrons. The summed E-state index contributed by atoms with van der Waals surface area (Å²) < 4.78 is 76.3. The molecule has 0 bridgehead atoms. The van der Waals surface area contributed by atoms with Crippen molar-refractivity contribution in [2.45, 2.75) is 52.8 Å². The maximum absolute atomic E-state index is 13.3. The van der Waals surface area contributed by atoms with Crippen LogP contribution < -0.4 is 0 Å². The highest BCUT2D eigenvalue weighted by Gasteiger charge is 2.41. The van der Waals surface area contributed by atoms with Crippen LogP contribution in [0, 0.1) is 0 Å². The molecule has 0 fully saturated rings. The summed E-state index contributed by atoms with van der Waals surface area (Å²) in [6, 6.07) is 0. The second-order valence-electron chi connectivity index (χ2n) is 5.34. The van der Waals surface area contributed by atoms with Crippen molar-refractivity contribution >= 4 is 18.1 Å². The third-order valence-corrected chi connectivity index (χ3v) is 3.12. The van der Waals surface area contributed by atoms with Crippen LogP contribution in [0.4, 0.5) is 27.6 Å². The molecule has 0 saturated carbocycles. The first kappa shape index (κ1) is 21.8. The van der Waals surface area contributed by atoms with Crippen molar-refractivity contribution in [1.29, 1.82) is 0 Å². The van der Waals surface area contributed by atoms with Gasteiger partial charge in [0, 0.05) is 0 Å². The molecule has 0 N–H and O–H groups in total. The van der Waals surface area contributed by atoms with Crippen LogP contribution in [0.2, 0.25) is 0 Å². The van der Waals surface area contributed by atoms with Crippen LogP contribution in [0.5, 0.6) is 0 Å². The number of nitrogens with zero attached hydrogens (tertiary/aromatic N) is 2. The molecule has 0 aliphatic rings. The number of carbonyl (C=O) groups excluding carboxylic acids is 1. The van der Waals surface area contributed by atoms with E-state index < -0.39 is 41.2 Å². The number of aliphatic imine (C=N–C) groups is 1. The highest BCUT2D eigenvalue weighted by atomic mass is 19.4. The van der Waals surface area contributed by atoms with Gasteiger partial charge in [-0.1, -0.05) is 6.92 Å².